The van der Waals surface area contributed by atoms with E-state index in [-0.39, 0.29) is 17.4 Å². The fourth-order valence-corrected chi connectivity index (χ4v) is 1.90. The summed E-state index contributed by atoms with van der Waals surface area (Å²) in [5.74, 6) is -0.726. The maximum Gasteiger partial charge on any atom is 0.162 e. The number of halogens is 2. The van der Waals surface area contributed by atoms with Gasteiger partial charge in [0, 0.05) is 5.56 Å². The fraction of sp³-hybridized carbons (Fsp3) is 0. The van der Waals surface area contributed by atoms with Crippen LogP contribution in [0.2, 0.25) is 0 Å². The fourth-order valence-electron chi connectivity index (χ4n) is 1.90. The molecule has 0 unspecified atom stereocenters. The molecule has 0 aliphatic carbocycles. The zero-order chi connectivity index (χ0) is 14.1. The molecule has 0 spiro atoms. The van der Waals surface area contributed by atoms with Crippen molar-refractivity contribution < 1.29 is 13.9 Å². The van der Waals surface area contributed by atoms with Gasteiger partial charge in [0.1, 0.15) is 17.3 Å². The number of hydrogen-bond acceptors (Lipinski definition) is 2. The maximum atomic E-state index is 12.9. The molecule has 0 saturated carbocycles. The van der Waals surface area contributed by atoms with Crippen molar-refractivity contribution in [2.24, 2.45) is 0 Å². The minimum absolute atomic E-state index is 0.0269. The van der Waals surface area contributed by atoms with E-state index in [1.807, 2.05) is 0 Å². The van der Waals surface area contributed by atoms with Gasteiger partial charge in [0.05, 0.1) is 11.9 Å². The highest BCUT2D eigenvalue weighted by molar-refractivity contribution is 5.65. The van der Waals surface area contributed by atoms with Crippen LogP contribution in [0.15, 0.2) is 54.7 Å². The molecule has 0 aliphatic heterocycles. The minimum atomic E-state index is -0.355. The van der Waals surface area contributed by atoms with Crippen LogP contribution in [-0.4, -0.2) is 14.9 Å². The summed E-state index contributed by atoms with van der Waals surface area (Å²) < 4.78 is 27.2. The highest BCUT2D eigenvalue weighted by Gasteiger charge is 2.11. The molecule has 5 heteroatoms. The molecule has 1 aromatic heterocycles. The molecule has 3 rings (SSSR count). The normalized spacial score (nSPS) is 10.7. The summed E-state index contributed by atoms with van der Waals surface area (Å²) in [6.07, 6.45) is 1.42. The Morgan fingerprint density at radius 3 is 2.00 bits per heavy atom. The lowest BCUT2D eigenvalue weighted by atomic mass is 10.1. The van der Waals surface area contributed by atoms with Crippen LogP contribution >= 0.6 is 0 Å². The summed E-state index contributed by atoms with van der Waals surface area (Å²) in [6.45, 7) is 0. The first kappa shape index (κ1) is 12.3. The van der Waals surface area contributed by atoms with Crippen molar-refractivity contribution in [3.05, 3.63) is 66.4 Å². The molecule has 0 saturated heterocycles. The summed E-state index contributed by atoms with van der Waals surface area (Å²) in [5.41, 5.74) is 1.56. The van der Waals surface area contributed by atoms with Crippen molar-refractivity contribution in [1.82, 2.24) is 9.78 Å². The number of benzene rings is 2. The van der Waals surface area contributed by atoms with Gasteiger partial charge in [-0.3, -0.25) is 0 Å². The Morgan fingerprint density at radius 1 is 0.850 bits per heavy atom. The van der Waals surface area contributed by atoms with Crippen LogP contribution in [-0.2, 0) is 0 Å². The van der Waals surface area contributed by atoms with Gasteiger partial charge < -0.3 is 5.11 Å². The second-order valence-corrected chi connectivity index (χ2v) is 4.29. The Bertz CT molecular complexity index is 734. The third kappa shape index (κ3) is 2.25. The Morgan fingerprint density at radius 2 is 1.40 bits per heavy atom. The lowest BCUT2D eigenvalue weighted by Gasteiger charge is -2.00. The number of aromatic nitrogens is 2. The molecule has 2 aromatic carbocycles. The highest BCUT2D eigenvalue weighted by atomic mass is 19.1. The smallest absolute Gasteiger partial charge is 0.162 e. The molecule has 3 nitrogen and oxygen atoms in total. The minimum Gasteiger partial charge on any atom is -0.504 e. The van der Waals surface area contributed by atoms with E-state index in [1.54, 1.807) is 12.1 Å². The molecule has 1 heterocycles. The predicted octanol–water partition coefficient (Wildman–Crippen LogP) is 3.52. The number of aromatic hydroxyl groups is 1. The first-order chi connectivity index (χ1) is 9.63. The molecular weight excluding hydrogens is 262 g/mol. The number of hydrogen-bond donors (Lipinski definition) is 1. The molecule has 3 aromatic rings. The quantitative estimate of drug-likeness (QED) is 0.775. The van der Waals surface area contributed by atoms with Gasteiger partial charge in [-0.05, 0) is 48.5 Å². The molecule has 0 fully saturated rings. The van der Waals surface area contributed by atoms with Gasteiger partial charge in [0.2, 0.25) is 0 Å². The van der Waals surface area contributed by atoms with Crippen LogP contribution in [0.3, 0.4) is 0 Å². The number of rotatable bonds is 2. The lowest BCUT2D eigenvalue weighted by molar-refractivity contribution is 0.477. The lowest BCUT2D eigenvalue weighted by Crippen LogP contribution is -1.94. The van der Waals surface area contributed by atoms with Crippen molar-refractivity contribution in [3.63, 3.8) is 0 Å². The third-order valence-electron chi connectivity index (χ3n) is 2.90. The molecule has 1 N–H and O–H groups in total. The van der Waals surface area contributed by atoms with E-state index in [0.29, 0.717) is 16.9 Å². The molecule has 0 aliphatic rings. The SMILES string of the molecule is Oc1cn(-c2ccc(F)cc2)nc1-c1ccc(F)cc1. The largest absolute Gasteiger partial charge is 0.504 e. The first-order valence-electron chi connectivity index (χ1n) is 5.94. The van der Waals surface area contributed by atoms with E-state index in [0.717, 1.165) is 0 Å². The molecule has 0 bridgehead atoms. The Hall–Kier alpha value is -2.69. The molecule has 20 heavy (non-hydrogen) atoms. The zero-order valence-corrected chi connectivity index (χ0v) is 10.3. The van der Waals surface area contributed by atoms with Gasteiger partial charge >= 0.3 is 0 Å². The van der Waals surface area contributed by atoms with E-state index in [9.17, 15) is 13.9 Å². The second-order valence-electron chi connectivity index (χ2n) is 4.29. The van der Waals surface area contributed by atoms with Gasteiger partial charge in [-0.25, -0.2) is 13.5 Å². The summed E-state index contributed by atoms with van der Waals surface area (Å²) in [5, 5.41) is 14.2. The standard InChI is InChI=1S/C15H10F2N2O/c16-11-3-1-10(2-4-11)15-14(20)9-19(18-15)13-7-5-12(17)6-8-13/h1-9,20H. The summed E-state index contributed by atoms with van der Waals surface area (Å²) in [4.78, 5) is 0. The van der Waals surface area contributed by atoms with E-state index < -0.39 is 0 Å². The summed E-state index contributed by atoms with van der Waals surface area (Å²) in [7, 11) is 0. The monoisotopic (exact) mass is 272 g/mol. The number of nitrogens with zero attached hydrogens (tertiary/aromatic N) is 2. The Labute approximate surface area is 113 Å². The Kier molecular flexibility index (Phi) is 2.95. The van der Waals surface area contributed by atoms with Crippen molar-refractivity contribution in [3.8, 4) is 22.7 Å². The van der Waals surface area contributed by atoms with E-state index in [1.165, 1.54) is 47.3 Å². The van der Waals surface area contributed by atoms with Crippen LogP contribution in [0.25, 0.3) is 16.9 Å². The van der Waals surface area contributed by atoms with Gasteiger partial charge in [0.25, 0.3) is 0 Å². The van der Waals surface area contributed by atoms with Crippen molar-refractivity contribution in [2.45, 2.75) is 0 Å². The van der Waals surface area contributed by atoms with Crippen LogP contribution in [0.5, 0.6) is 5.75 Å². The average Bonchev–Trinajstić information content (AvgIpc) is 2.82. The second kappa shape index (κ2) is 4.77. The topological polar surface area (TPSA) is 38.0 Å². The van der Waals surface area contributed by atoms with Crippen LogP contribution in [0, 0.1) is 11.6 Å². The third-order valence-corrected chi connectivity index (χ3v) is 2.90. The zero-order valence-electron chi connectivity index (χ0n) is 10.3. The van der Waals surface area contributed by atoms with Crippen molar-refractivity contribution in [1.29, 1.82) is 0 Å². The van der Waals surface area contributed by atoms with Gasteiger partial charge in [-0.2, -0.15) is 5.10 Å². The van der Waals surface area contributed by atoms with E-state index in [2.05, 4.69) is 5.10 Å². The first-order valence-corrected chi connectivity index (χ1v) is 5.94. The van der Waals surface area contributed by atoms with Crippen LogP contribution < -0.4 is 0 Å². The molecule has 0 amide bonds. The van der Waals surface area contributed by atoms with E-state index >= 15 is 0 Å². The highest BCUT2D eigenvalue weighted by Crippen LogP contribution is 2.28. The van der Waals surface area contributed by atoms with Crippen LogP contribution in [0.1, 0.15) is 0 Å². The molecule has 100 valence electrons. The van der Waals surface area contributed by atoms with E-state index in [4.69, 9.17) is 0 Å². The summed E-state index contributed by atoms with van der Waals surface area (Å²) in [6, 6.07) is 11.4. The summed E-state index contributed by atoms with van der Waals surface area (Å²) >= 11 is 0. The van der Waals surface area contributed by atoms with Gasteiger partial charge in [-0.15, -0.1) is 0 Å². The van der Waals surface area contributed by atoms with Crippen molar-refractivity contribution in [2.75, 3.05) is 0 Å². The van der Waals surface area contributed by atoms with Gasteiger partial charge in [0.15, 0.2) is 5.75 Å². The average molecular weight is 272 g/mol. The maximum absolute atomic E-state index is 12.9. The molecule has 0 atom stereocenters. The molecule has 0 radical (unpaired) electrons. The van der Waals surface area contributed by atoms with Crippen LogP contribution in [0.4, 0.5) is 8.78 Å². The Balaban J connectivity index is 2.02. The van der Waals surface area contributed by atoms with Crippen molar-refractivity contribution >= 4 is 0 Å². The van der Waals surface area contributed by atoms with Gasteiger partial charge in [-0.1, -0.05) is 0 Å². The molecular formula is C15H10F2N2O. The predicted molar refractivity (Wildman–Crippen MR) is 70.6 cm³/mol.